The zero-order valence-electron chi connectivity index (χ0n) is 25.7. The standard InChI is InChI=1S/C22H26N2O3/c1-16(2)27-22-14-20(17(3)13-21(22)24(25)26)19-9-11-23(12-10-19)15-18-7-5-4-6-8-18/h4-9,13-14,16H,10-12,15H2,1-3H3/i1D3,2D3,11D2,12D2,16D. The molecule has 0 N–H and O–H groups in total. The number of benzene rings is 2. The molecule has 5 nitrogen and oxygen atoms in total. The molecular formula is C22H26N2O3. The van der Waals surface area contributed by atoms with Gasteiger partial charge in [-0.25, -0.2) is 0 Å². The normalized spacial score (nSPS) is 26.0. The highest BCUT2D eigenvalue weighted by Gasteiger charge is 2.22. The molecule has 0 unspecified atom stereocenters. The van der Waals surface area contributed by atoms with Crippen LogP contribution in [0.2, 0.25) is 0 Å². The lowest BCUT2D eigenvalue weighted by Gasteiger charge is -2.27. The van der Waals surface area contributed by atoms with Gasteiger partial charge in [0.2, 0.25) is 0 Å². The van der Waals surface area contributed by atoms with Gasteiger partial charge in [-0.05, 0) is 55.4 Å². The highest BCUT2D eigenvalue weighted by molar-refractivity contribution is 5.72. The van der Waals surface area contributed by atoms with Crippen molar-refractivity contribution in [3.8, 4) is 5.75 Å². The first-order valence-corrected chi connectivity index (χ1v) is 8.21. The summed E-state index contributed by atoms with van der Waals surface area (Å²) in [4.78, 5) is 11.8. The molecule has 2 aromatic carbocycles. The summed E-state index contributed by atoms with van der Waals surface area (Å²) in [5.41, 5.74) is 0.317. The van der Waals surface area contributed by atoms with Crippen LogP contribution in [0.3, 0.4) is 0 Å². The van der Waals surface area contributed by atoms with Crippen molar-refractivity contribution in [2.75, 3.05) is 13.0 Å². The van der Waals surface area contributed by atoms with Gasteiger partial charge in [0.15, 0.2) is 5.75 Å². The van der Waals surface area contributed by atoms with Crippen LogP contribution in [0.15, 0.2) is 48.5 Å². The Bertz CT molecular complexity index is 1230. The van der Waals surface area contributed by atoms with Crippen molar-refractivity contribution >= 4 is 11.3 Å². The van der Waals surface area contributed by atoms with Crippen molar-refractivity contribution in [3.05, 3.63) is 75.3 Å². The molecule has 0 saturated heterocycles. The molecule has 1 heterocycles. The molecule has 0 atom stereocenters. The van der Waals surface area contributed by atoms with Gasteiger partial charge in [-0.15, -0.1) is 0 Å². The minimum Gasteiger partial charge on any atom is -0.484 e. The first-order chi connectivity index (χ1) is 17.2. The lowest BCUT2D eigenvalue weighted by atomic mass is 9.94. The van der Waals surface area contributed by atoms with Crippen LogP contribution >= 0.6 is 0 Å². The summed E-state index contributed by atoms with van der Waals surface area (Å²) in [5.74, 6) is -0.813. The molecule has 0 amide bonds. The predicted octanol–water partition coefficient (Wildman–Crippen LogP) is 4.98. The molecule has 0 aromatic heterocycles. The van der Waals surface area contributed by atoms with Crippen molar-refractivity contribution in [1.82, 2.24) is 4.90 Å². The van der Waals surface area contributed by atoms with E-state index in [1.54, 1.807) is 30.3 Å². The molecule has 27 heavy (non-hydrogen) atoms. The Morgan fingerprint density at radius 2 is 2.15 bits per heavy atom. The van der Waals surface area contributed by atoms with Gasteiger partial charge in [-0.2, -0.15) is 0 Å². The summed E-state index contributed by atoms with van der Waals surface area (Å²) in [7, 11) is 0. The predicted molar refractivity (Wildman–Crippen MR) is 108 cm³/mol. The lowest BCUT2D eigenvalue weighted by Crippen LogP contribution is -2.28. The largest absolute Gasteiger partial charge is 0.484 e. The van der Waals surface area contributed by atoms with Crippen LogP contribution in [-0.4, -0.2) is 28.9 Å². The van der Waals surface area contributed by atoms with Crippen molar-refractivity contribution < 1.29 is 24.7 Å². The van der Waals surface area contributed by atoms with Gasteiger partial charge in [0.05, 0.1) is 12.4 Å². The van der Waals surface area contributed by atoms with Crippen molar-refractivity contribution in [2.24, 2.45) is 0 Å². The van der Waals surface area contributed by atoms with E-state index in [-0.39, 0.29) is 29.7 Å². The van der Waals surface area contributed by atoms with E-state index in [0.717, 1.165) is 23.1 Å². The third-order valence-electron chi connectivity index (χ3n) is 4.10. The summed E-state index contributed by atoms with van der Waals surface area (Å²) in [6.45, 7) is -10.1. The zero-order chi connectivity index (χ0) is 28.9. The van der Waals surface area contributed by atoms with Crippen LogP contribution in [-0.2, 0) is 6.54 Å². The smallest absolute Gasteiger partial charge is 0.311 e. The Morgan fingerprint density at radius 3 is 2.81 bits per heavy atom. The van der Waals surface area contributed by atoms with Gasteiger partial charge in [0.1, 0.15) is 0 Å². The second-order valence-electron chi connectivity index (χ2n) is 6.03. The van der Waals surface area contributed by atoms with E-state index in [0.29, 0.717) is 5.56 Å². The van der Waals surface area contributed by atoms with Crippen LogP contribution in [0.5, 0.6) is 5.75 Å². The number of hydrogen-bond acceptors (Lipinski definition) is 4. The molecule has 3 rings (SSSR count). The van der Waals surface area contributed by atoms with E-state index in [2.05, 4.69) is 0 Å². The minimum absolute atomic E-state index is 0.0449. The molecule has 0 spiro atoms. The fourth-order valence-electron chi connectivity index (χ4n) is 2.83. The van der Waals surface area contributed by atoms with Gasteiger partial charge >= 0.3 is 5.69 Å². The molecule has 5 heteroatoms. The van der Waals surface area contributed by atoms with E-state index in [1.807, 2.05) is 0 Å². The lowest BCUT2D eigenvalue weighted by molar-refractivity contribution is -0.386. The number of nitro groups is 1. The Balaban J connectivity index is 2.14. The van der Waals surface area contributed by atoms with Gasteiger partial charge in [-0.1, -0.05) is 36.4 Å². The third kappa shape index (κ3) is 4.74. The molecule has 2 aromatic rings. The highest BCUT2D eigenvalue weighted by atomic mass is 16.6. The van der Waals surface area contributed by atoms with E-state index >= 15 is 0 Å². The molecular weight excluding hydrogens is 340 g/mol. The fraction of sp³-hybridized carbons (Fsp3) is 0.364. The highest BCUT2D eigenvalue weighted by Crippen LogP contribution is 2.36. The van der Waals surface area contributed by atoms with Gasteiger partial charge in [-0.3, -0.25) is 15.0 Å². The van der Waals surface area contributed by atoms with E-state index in [4.69, 9.17) is 19.8 Å². The van der Waals surface area contributed by atoms with Crippen molar-refractivity contribution in [2.45, 2.75) is 39.7 Å². The quantitative estimate of drug-likeness (QED) is 0.526. The SMILES string of the molecule is [2H]C1([2H])C=C(c2cc(OC([2H])(C([2H])([2H])[2H])C([2H])([2H])[2H])c([N+](=O)[O-])cc2C)CC([2H])([2H])N1Cc1ccccc1. The molecule has 0 fully saturated rings. The van der Waals surface area contributed by atoms with E-state index < -0.39 is 49.1 Å². The molecule has 0 radical (unpaired) electrons. The maximum absolute atomic E-state index is 11.7. The first kappa shape index (κ1) is 9.51. The number of rotatable bonds is 6. The minimum atomic E-state index is -3.55. The zero-order valence-corrected chi connectivity index (χ0v) is 14.7. The number of aryl methyl sites for hydroxylation is 1. The van der Waals surface area contributed by atoms with Gasteiger partial charge < -0.3 is 4.74 Å². The average molecular weight is 378 g/mol. The summed E-state index contributed by atoms with van der Waals surface area (Å²) in [6, 6.07) is 10.7. The van der Waals surface area contributed by atoms with Gasteiger partial charge in [0, 0.05) is 39.3 Å². The molecule has 142 valence electrons. The first-order valence-electron chi connectivity index (χ1n) is 13.7. The van der Waals surface area contributed by atoms with Gasteiger partial charge in [0.25, 0.3) is 0 Å². The molecule has 1 aliphatic rings. The monoisotopic (exact) mass is 377 g/mol. The van der Waals surface area contributed by atoms with E-state index in [1.165, 1.54) is 6.92 Å². The fourth-order valence-corrected chi connectivity index (χ4v) is 2.83. The summed E-state index contributed by atoms with van der Waals surface area (Å²) in [5, 5.41) is 11.7. The van der Waals surface area contributed by atoms with Crippen LogP contribution in [0.25, 0.3) is 5.57 Å². The third-order valence-corrected chi connectivity index (χ3v) is 4.10. The Kier molecular flexibility index (Phi) is 2.94. The van der Waals surface area contributed by atoms with Crippen LogP contribution < -0.4 is 4.74 Å². The van der Waals surface area contributed by atoms with Crippen LogP contribution in [0.1, 0.15) is 51.9 Å². The Morgan fingerprint density at radius 1 is 1.37 bits per heavy atom. The number of ether oxygens (including phenoxy) is 1. The maximum atomic E-state index is 11.7. The van der Waals surface area contributed by atoms with E-state index in [9.17, 15) is 10.1 Å². The molecule has 1 aliphatic heterocycles. The van der Waals surface area contributed by atoms with Crippen molar-refractivity contribution in [1.29, 1.82) is 0 Å². The maximum Gasteiger partial charge on any atom is 0.311 e. The Labute approximate surface area is 175 Å². The Hall–Kier alpha value is -2.66. The topological polar surface area (TPSA) is 55.6 Å². The number of nitro benzene ring substituents is 1. The average Bonchev–Trinajstić information content (AvgIpc) is 2.75. The van der Waals surface area contributed by atoms with Crippen molar-refractivity contribution in [3.63, 3.8) is 0 Å². The second-order valence-corrected chi connectivity index (χ2v) is 6.03. The van der Waals surface area contributed by atoms with Crippen LogP contribution in [0, 0.1) is 17.0 Å². The molecule has 0 bridgehead atoms. The molecule has 0 aliphatic carbocycles. The summed E-state index contributed by atoms with van der Waals surface area (Å²) < 4.78 is 92.9. The van der Waals surface area contributed by atoms with Crippen LogP contribution in [0.4, 0.5) is 5.69 Å². The molecule has 0 saturated carbocycles. The number of hydrogen-bond donors (Lipinski definition) is 0. The number of nitrogens with zero attached hydrogens (tertiary/aromatic N) is 2. The summed E-state index contributed by atoms with van der Waals surface area (Å²) >= 11 is 0. The summed E-state index contributed by atoms with van der Waals surface area (Å²) in [6.07, 6.45) is -2.73. The second kappa shape index (κ2) is 8.35.